The minimum Gasteiger partial charge on any atom is -0.493 e. The van der Waals surface area contributed by atoms with Gasteiger partial charge in [-0.2, -0.15) is 0 Å². The first-order valence-corrected chi connectivity index (χ1v) is 9.93. The maximum atomic E-state index is 13.1. The molecule has 0 aliphatic heterocycles. The fourth-order valence-electron chi connectivity index (χ4n) is 2.38. The number of hydrogen-bond donors (Lipinski definition) is 0. The zero-order chi connectivity index (χ0) is 18.7. The summed E-state index contributed by atoms with van der Waals surface area (Å²) in [6.07, 6.45) is 0. The van der Waals surface area contributed by atoms with Crippen molar-refractivity contribution in [3.63, 3.8) is 0 Å². The number of nitrogens with zero attached hydrogens (tertiary/aromatic N) is 2. The van der Waals surface area contributed by atoms with Gasteiger partial charge in [0.2, 0.25) is 0 Å². The molecule has 0 bridgehead atoms. The maximum absolute atomic E-state index is 13.1. The van der Waals surface area contributed by atoms with Crippen molar-refractivity contribution < 1.29 is 13.9 Å². The summed E-state index contributed by atoms with van der Waals surface area (Å²) in [6, 6.07) is 10.1. The summed E-state index contributed by atoms with van der Waals surface area (Å²) < 4.78 is 26.9. The van der Waals surface area contributed by atoms with Crippen molar-refractivity contribution in [1.29, 1.82) is 0 Å². The van der Waals surface area contributed by atoms with Gasteiger partial charge in [-0.05, 0) is 66.7 Å². The van der Waals surface area contributed by atoms with E-state index < -0.39 is 0 Å². The van der Waals surface area contributed by atoms with E-state index >= 15 is 0 Å². The van der Waals surface area contributed by atoms with Crippen molar-refractivity contribution in [3.8, 4) is 17.2 Å². The van der Waals surface area contributed by atoms with E-state index in [1.807, 2.05) is 19.1 Å². The van der Waals surface area contributed by atoms with Crippen LogP contribution in [-0.4, -0.2) is 24.0 Å². The highest BCUT2D eigenvalue weighted by Crippen LogP contribution is 2.34. The van der Waals surface area contributed by atoms with E-state index in [1.54, 1.807) is 42.8 Å². The van der Waals surface area contributed by atoms with E-state index in [2.05, 4.69) is 5.10 Å². The molecule has 8 heteroatoms. The zero-order valence-corrected chi connectivity index (χ0v) is 16.9. The van der Waals surface area contributed by atoms with Gasteiger partial charge < -0.3 is 9.47 Å². The third-order valence-electron chi connectivity index (χ3n) is 3.79. The van der Waals surface area contributed by atoms with Crippen LogP contribution in [0.3, 0.4) is 0 Å². The van der Waals surface area contributed by atoms with Gasteiger partial charge >= 0.3 is 0 Å². The third-order valence-corrected chi connectivity index (χ3v) is 6.21. The topological polar surface area (TPSA) is 36.3 Å². The maximum Gasteiger partial charge on any atom is 0.184 e. The van der Waals surface area contributed by atoms with Crippen LogP contribution < -0.4 is 9.47 Å². The van der Waals surface area contributed by atoms with Crippen LogP contribution in [-0.2, 0) is 5.75 Å². The fraction of sp³-hybridized carbons (Fsp3) is 0.222. The molecule has 0 saturated heterocycles. The smallest absolute Gasteiger partial charge is 0.184 e. The van der Waals surface area contributed by atoms with Gasteiger partial charge in [-0.3, -0.25) is 0 Å². The normalized spacial score (nSPS) is 10.8. The van der Waals surface area contributed by atoms with Crippen LogP contribution in [0.4, 0.5) is 4.39 Å². The Morgan fingerprint density at radius 3 is 2.46 bits per heavy atom. The first-order chi connectivity index (χ1) is 12.5. The molecule has 0 aliphatic carbocycles. The second kappa shape index (κ2) is 8.20. The van der Waals surface area contributed by atoms with E-state index in [-0.39, 0.29) is 5.82 Å². The molecule has 3 aromatic rings. The van der Waals surface area contributed by atoms with Crippen molar-refractivity contribution in [3.05, 3.63) is 57.3 Å². The molecule has 0 atom stereocenters. The number of aromatic nitrogens is 2. The highest BCUT2D eigenvalue weighted by molar-refractivity contribution is 8.00. The Kier molecular flexibility index (Phi) is 5.95. The molecule has 1 heterocycles. The predicted octanol–water partition coefficient (Wildman–Crippen LogP) is 5.42. The molecule has 3 rings (SSSR count). The van der Waals surface area contributed by atoms with Crippen LogP contribution >= 0.6 is 35.3 Å². The van der Waals surface area contributed by atoms with Crippen LogP contribution in [0, 0.1) is 16.7 Å². The van der Waals surface area contributed by atoms with Crippen molar-refractivity contribution >= 4 is 35.3 Å². The summed E-state index contributed by atoms with van der Waals surface area (Å²) in [5, 5.41) is 4.55. The van der Waals surface area contributed by atoms with Gasteiger partial charge in [0.05, 0.1) is 19.9 Å². The summed E-state index contributed by atoms with van der Waals surface area (Å²) >= 11 is 8.43. The van der Waals surface area contributed by atoms with Gasteiger partial charge in [0.1, 0.15) is 5.82 Å². The lowest BCUT2D eigenvalue weighted by Gasteiger charge is -2.12. The van der Waals surface area contributed by atoms with Crippen LogP contribution in [0.2, 0.25) is 0 Å². The van der Waals surface area contributed by atoms with E-state index in [0.29, 0.717) is 9.70 Å². The van der Waals surface area contributed by atoms with Crippen molar-refractivity contribution in [1.82, 2.24) is 9.78 Å². The van der Waals surface area contributed by atoms with E-state index in [9.17, 15) is 4.39 Å². The third kappa shape index (κ3) is 4.08. The Hall–Kier alpha value is -1.90. The van der Waals surface area contributed by atoms with E-state index in [4.69, 9.17) is 21.7 Å². The minimum atomic E-state index is -0.283. The first-order valence-electron chi connectivity index (χ1n) is 7.72. The van der Waals surface area contributed by atoms with E-state index in [0.717, 1.165) is 32.7 Å². The highest BCUT2D eigenvalue weighted by atomic mass is 32.2. The molecule has 0 aliphatic rings. The standard InChI is InChI=1S/C18H17FN2O2S3/c1-11-8-15(22-2)16(23-3)9-12(11)10-25-17-20-21(18(24)26-17)14-6-4-13(19)5-7-14/h4-9H,10H2,1-3H3. The van der Waals surface area contributed by atoms with Gasteiger partial charge in [-0.25, -0.2) is 9.07 Å². The van der Waals surface area contributed by atoms with Gasteiger partial charge in [0.15, 0.2) is 19.8 Å². The van der Waals surface area contributed by atoms with Gasteiger partial charge in [-0.15, -0.1) is 5.10 Å². The Balaban J connectivity index is 1.80. The SMILES string of the molecule is COc1cc(C)c(CSc2nn(-c3ccc(F)cc3)c(=S)s2)cc1OC. The lowest BCUT2D eigenvalue weighted by Crippen LogP contribution is -1.97. The summed E-state index contributed by atoms with van der Waals surface area (Å²) in [5.74, 6) is 1.87. The molecular weight excluding hydrogens is 391 g/mol. The Morgan fingerprint density at radius 1 is 1.15 bits per heavy atom. The van der Waals surface area contributed by atoms with Crippen LogP contribution in [0.1, 0.15) is 11.1 Å². The van der Waals surface area contributed by atoms with Gasteiger partial charge in [-0.1, -0.05) is 23.1 Å². The highest BCUT2D eigenvalue weighted by Gasteiger charge is 2.11. The second-order valence-electron chi connectivity index (χ2n) is 5.44. The number of ether oxygens (including phenoxy) is 2. The largest absolute Gasteiger partial charge is 0.493 e. The number of halogens is 1. The monoisotopic (exact) mass is 408 g/mol. The molecule has 0 fully saturated rings. The van der Waals surface area contributed by atoms with Crippen molar-refractivity contribution in [2.24, 2.45) is 0 Å². The van der Waals surface area contributed by atoms with Crippen LogP contribution in [0.15, 0.2) is 40.7 Å². The molecule has 0 spiro atoms. The summed E-state index contributed by atoms with van der Waals surface area (Å²) in [6.45, 7) is 2.04. The number of benzene rings is 2. The molecular formula is C18H17FN2O2S3. The van der Waals surface area contributed by atoms with Gasteiger partial charge in [0.25, 0.3) is 0 Å². The van der Waals surface area contributed by atoms with E-state index in [1.165, 1.54) is 23.5 Å². The Bertz CT molecular complexity index is 968. The van der Waals surface area contributed by atoms with Crippen LogP contribution in [0.5, 0.6) is 11.5 Å². The Morgan fingerprint density at radius 2 is 1.81 bits per heavy atom. The molecule has 26 heavy (non-hydrogen) atoms. The lowest BCUT2D eigenvalue weighted by molar-refractivity contribution is 0.354. The van der Waals surface area contributed by atoms with Gasteiger partial charge in [0, 0.05) is 5.75 Å². The zero-order valence-electron chi connectivity index (χ0n) is 14.5. The lowest BCUT2D eigenvalue weighted by atomic mass is 10.1. The van der Waals surface area contributed by atoms with Crippen molar-refractivity contribution in [2.45, 2.75) is 17.0 Å². The molecule has 0 N–H and O–H groups in total. The number of hydrogen-bond acceptors (Lipinski definition) is 6. The number of rotatable bonds is 6. The van der Waals surface area contributed by atoms with Crippen molar-refractivity contribution in [2.75, 3.05) is 14.2 Å². The summed E-state index contributed by atoms with van der Waals surface area (Å²) in [4.78, 5) is 0. The predicted molar refractivity (Wildman–Crippen MR) is 106 cm³/mol. The summed E-state index contributed by atoms with van der Waals surface area (Å²) in [5.41, 5.74) is 3.01. The molecule has 0 saturated carbocycles. The number of methoxy groups -OCH3 is 2. The fourth-order valence-corrected chi connectivity index (χ4v) is 4.81. The molecule has 2 aromatic carbocycles. The summed E-state index contributed by atoms with van der Waals surface area (Å²) in [7, 11) is 3.25. The Labute approximate surface area is 164 Å². The first kappa shape index (κ1) is 18.9. The molecule has 0 amide bonds. The average Bonchev–Trinajstić information content (AvgIpc) is 3.01. The van der Waals surface area contributed by atoms with Crippen LogP contribution in [0.25, 0.3) is 5.69 Å². The molecule has 1 aromatic heterocycles. The average molecular weight is 409 g/mol. The molecule has 0 radical (unpaired) electrons. The quantitative estimate of drug-likeness (QED) is 0.402. The number of thioether (sulfide) groups is 1. The number of aryl methyl sites for hydroxylation is 1. The minimum absolute atomic E-state index is 0.283. The second-order valence-corrected chi connectivity index (χ2v) is 8.29. The molecule has 136 valence electrons. The molecule has 0 unspecified atom stereocenters. The molecule has 4 nitrogen and oxygen atoms in total.